The Morgan fingerprint density at radius 3 is 2.03 bits per heavy atom. The van der Waals surface area contributed by atoms with Gasteiger partial charge in [-0.1, -0.05) is 72.3 Å². The van der Waals surface area contributed by atoms with Gasteiger partial charge in [-0.15, -0.1) is 0 Å². The van der Waals surface area contributed by atoms with Gasteiger partial charge >= 0.3 is 0 Å². The molecule has 0 bridgehead atoms. The fraction of sp³-hybridized carbons (Fsp3) is 0.280. The standard InChI is InChI=1S/C25H26ClN3O/c1-25(20-8-4-2-5-9-20,21-10-6-3-7-11-21)28-24(30)19-14-16-29(17-15-19)23-13-12-22(26)18-27-23/h2-13,18-19H,14-17H2,1H3,(H,28,30). The first kappa shape index (κ1) is 20.4. The second kappa shape index (κ2) is 8.88. The zero-order valence-corrected chi connectivity index (χ0v) is 17.8. The number of halogens is 1. The van der Waals surface area contributed by atoms with E-state index in [1.807, 2.05) is 48.5 Å². The molecule has 1 N–H and O–H groups in total. The van der Waals surface area contributed by atoms with Crippen LogP contribution in [0.2, 0.25) is 5.02 Å². The summed E-state index contributed by atoms with van der Waals surface area (Å²) in [5.74, 6) is 1.01. The minimum absolute atomic E-state index is 0.0136. The highest BCUT2D eigenvalue weighted by Gasteiger charge is 2.34. The molecule has 1 aromatic heterocycles. The van der Waals surface area contributed by atoms with E-state index in [2.05, 4.69) is 46.4 Å². The van der Waals surface area contributed by atoms with Crippen molar-refractivity contribution in [3.05, 3.63) is 95.1 Å². The molecule has 0 aliphatic carbocycles. The minimum atomic E-state index is -0.575. The quantitative estimate of drug-likeness (QED) is 0.630. The predicted octanol–water partition coefficient (Wildman–Crippen LogP) is 5.03. The molecule has 154 valence electrons. The molecule has 4 nitrogen and oxygen atoms in total. The van der Waals surface area contributed by atoms with Gasteiger partial charge in [0.15, 0.2) is 0 Å². The van der Waals surface area contributed by atoms with Crippen molar-refractivity contribution in [2.45, 2.75) is 25.3 Å². The third-order valence-electron chi connectivity index (χ3n) is 5.98. The Balaban J connectivity index is 1.48. The number of rotatable bonds is 5. The molecule has 30 heavy (non-hydrogen) atoms. The van der Waals surface area contributed by atoms with Crippen LogP contribution in [0.5, 0.6) is 0 Å². The number of hydrogen-bond acceptors (Lipinski definition) is 3. The highest BCUT2D eigenvalue weighted by molar-refractivity contribution is 6.30. The molecular weight excluding hydrogens is 394 g/mol. The highest BCUT2D eigenvalue weighted by Crippen LogP contribution is 2.31. The molecule has 3 aromatic rings. The van der Waals surface area contributed by atoms with Crippen LogP contribution in [-0.4, -0.2) is 24.0 Å². The van der Waals surface area contributed by atoms with E-state index in [-0.39, 0.29) is 11.8 Å². The summed E-state index contributed by atoms with van der Waals surface area (Å²) in [5.41, 5.74) is 1.58. The van der Waals surface area contributed by atoms with E-state index in [0.717, 1.165) is 42.9 Å². The first-order chi connectivity index (χ1) is 14.6. The largest absolute Gasteiger partial charge is 0.357 e. The van der Waals surface area contributed by atoms with Gasteiger partial charge in [0.2, 0.25) is 5.91 Å². The van der Waals surface area contributed by atoms with E-state index in [4.69, 9.17) is 11.6 Å². The van der Waals surface area contributed by atoms with Gasteiger partial charge in [-0.25, -0.2) is 4.98 Å². The Labute approximate surface area is 182 Å². The smallest absolute Gasteiger partial charge is 0.224 e. The SMILES string of the molecule is CC(NC(=O)C1CCN(c2ccc(Cl)cn2)CC1)(c1ccccc1)c1ccccc1. The Hall–Kier alpha value is -2.85. The summed E-state index contributed by atoms with van der Waals surface area (Å²) in [6.07, 6.45) is 3.27. The summed E-state index contributed by atoms with van der Waals surface area (Å²) in [7, 11) is 0. The van der Waals surface area contributed by atoms with E-state index in [1.165, 1.54) is 0 Å². The van der Waals surface area contributed by atoms with Gasteiger partial charge in [-0.3, -0.25) is 4.79 Å². The molecular formula is C25H26ClN3O. The summed E-state index contributed by atoms with van der Waals surface area (Å²) >= 11 is 5.94. The predicted molar refractivity (Wildman–Crippen MR) is 122 cm³/mol. The summed E-state index contributed by atoms with van der Waals surface area (Å²) in [5, 5.41) is 4.00. The van der Waals surface area contributed by atoms with E-state index < -0.39 is 5.54 Å². The van der Waals surface area contributed by atoms with E-state index in [9.17, 15) is 4.79 Å². The van der Waals surface area contributed by atoms with Crippen molar-refractivity contribution in [2.24, 2.45) is 5.92 Å². The van der Waals surface area contributed by atoms with Crippen LogP contribution in [0.4, 0.5) is 5.82 Å². The van der Waals surface area contributed by atoms with Crippen molar-refractivity contribution in [2.75, 3.05) is 18.0 Å². The number of carbonyl (C=O) groups excluding carboxylic acids is 1. The van der Waals surface area contributed by atoms with Crippen LogP contribution in [0.25, 0.3) is 0 Å². The average molecular weight is 420 g/mol. The number of piperidine rings is 1. The first-order valence-corrected chi connectivity index (χ1v) is 10.7. The summed E-state index contributed by atoms with van der Waals surface area (Å²) < 4.78 is 0. The van der Waals surface area contributed by atoms with Crippen LogP contribution in [-0.2, 0) is 10.3 Å². The molecule has 1 aliphatic rings. The molecule has 1 amide bonds. The first-order valence-electron chi connectivity index (χ1n) is 10.4. The minimum Gasteiger partial charge on any atom is -0.357 e. The maximum Gasteiger partial charge on any atom is 0.224 e. The molecule has 0 radical (unpaired) electrons. The number of carbonyl (C=O) groups is 1. The van der Waals surface area contributed by atoms with Crippen LogP contribution in [0.3, 0.4) is 0 Å². The van der Waals surface area contributed by atoms with Crippen molar-refractivity contribution in [3.8, 4) is 0 Å². The lowest BCUT2D eigenvalue weighted by molar-refractivity contribution is -0.127. The zero-order chi connectivity index (χ0) is 21.0. The third kappa shape index (κ3) is 4.34. The lowest BCUT2D eigenvalue weighted by Gasteiger charge is -2.36. The normalized spacial score (nSPS) is 15.1. The average Bonchev–Trinajstić information content (AvgIpc) is 2.81. The van der Waals surface area contributed by atoms with Gasteiger partial charge in [0, 0.05) is 25.2 Å². The van der Waals surface area contributed by atoms with Crippen molar-refractivity contribution in [1.29, 1.82) is 0 Å². The number of amides is 1. The van der Waals surface area contributed by atoms with Crippen LogP contribution >= 0.6 is 11.6 Å². The lowest BCUT2D eigenvalue weighted by Crippen LogP contribution is -2.49. The number of nitrogens with one attached hydrogen (secondary N) is 1. The van der Waals surface area contributed by atoms with Gasteiger partial charge in [0.05, 0.1) is 10.6 Å². The fourth-order valence-corrected chi connectivity index (χ4v) is 4.24. The Morgan fingerprint density at radius 1 is 0.967 bits per heavy atom. The molecule has 2 aromatic carbocycles. The highest BCUT2D eigenvalue weighted by atomic mass is 35.5. The molecule has 5 heteroatoms. The fourth-order valence-electron chi connectivity index (χ4n) is 4.13. The number of benzene rings is 2. The molecule has 1 aliphatic heterocycles. The number of nitrogens with zero attached hydrogens (tertiary/aromatic N) is 2. The van der Waals surface area contributed by atoms with E-state index in [0.29, 0.717) is 5.02 Å². The second-order valence-corrected chi connectivity index (χ2v) is 8.38. The van der Waals surface area contributed by atoms with E-state index in [1.54, 1.807) is 6.20 Å². The molecule has 0 unspecified atom stereocenters. The Morgan fingerprint density at radius 2 is 1.53 bits per heavy atom. The van der Waals surface area contributed by atoms with Crippen molar-refractivity contribution in [1.82, 2.24) is 10.3 Å². The maximum atomic E-state index is 13.3. The molecule has 0 atom stereocenters. The van der Waals surface area contributed by atoms with Crippen LogP contribution in [0, 0.1) is 5.92 Å². The van der Waals surface area contributed by atoms with Gasteiger partial charge in [0.25, 0.3) is 0 Å². The number of pyridine rings is 1. The van der Waals surface area contributed by atoms with Gasteiger partial charge in [-0.05, 0) is 43.0 Å². The second-order valence-electron chi connectivity index (χ2n) is 7.94. The van der Waals surface area contributed by atoms with Crippen molar-refractivity contribution in [3.63, 3.8) is 0 Å². The van der Waals surface area contributed by atoms with Gasteiger partial charge in [0.1, 0.15) is 5.82 Å². The molecule has 0 saturated carbocycles. The molecule has 2 heterocycles. The number of anilines is 1. The van der Waals surface area contributed by atoms with Crippen LogP contribution in [0.1, 0.15) is 30.9 Å². The molecule has 1 fully saturated rings. The van der Waals surface area contributed by atoms with Gasteiger partial charge < -0.3 is 10.2 Å². The number of hydrogen-bond donors (Lipinski definition) is 1. The maximum absolute atomic E-state index is 13.3. The van der Waals surface area contributed by atoms with Crippen LogP contribution < -0.4 is 10.2 Å². The third-order valence-corrected chi connectivity index (χ3v) is 6.20. The number of aromatic nitrogens is 1. The lowest BCUT2D eigenvalue weighted by atomic mass is 9.83. The molecule has 1 saturated heterocycles. The topological polar surface area (TPSA) is 45.2 Å². The Kier molecular flexibility index (Phi) is 6.05. The van der Waals surface area contributed by atoms with Crippen LogP contribution in [0.15, 0.2) is 79.0 Å². The van der Waals surface area contributed by atoms with Gasteiger partial charge in [-0.2, -0.15) is 0 Å². The van der Waals surface area contributed by atoms with Crippen molar-refractivity contribution < 1.29 is 4.79 Å². The van der Waals surface area contributed by atoms with Crippen molar-refractivity contribution >= 4 is 23.3 Å². The zero-order valence-electron chi connectivity index (χ0n) is 17.1. The summed E-state index contributed by atoms with van der Waals surface area (Å²) in [4.78, 5) is 19.9. The molecule has 4 rings (SSSR count). The Bertz CT molecular complexity index is 929. The summed E-state index contributed by atoms with van der Waals surface area (Å²) in [6, 6.07) is 24.1. The monoisotopic (exact) mass is 419 g/mol. The van der Waals surface area contributed by atoms with E-state index >= 15 is 0 Å². The molecule has 0 spiro atoms. The summed E-state index contributed by atoms with van der Waals surface area (Å²) in [6.45, 7) is 3.70.